The van der Waals surface area contributed by atoms with Gasteiger partial charge in [0.15, 0.2) is 0 Å². The summed E-state index contributed by atoms with van der Waals surface area (Å²) in [5.41, 5.74) is 3.91. The number of hydrogen-bond acceptors (Lipinski definition) is 7. The van der Waals surface area contributed by atoms with Crippen LogP contribution in [0, 0.1) is 12.3 Å². The Morgan fingerprint density at radius 3 is 2.44 bits per heavy atom. The van der Waals surface area contributed by atoms with E-state index in [-0.39, 0.29) is 19.0 Å². The van der Waals surface area contributed by atoms with E-state index >= 15 is 0 Å². The normalized spacial score (nSPS) is 20.1. The third-order valence-corrected chi connectivity index (χ3v) is 8.24. The highest BCUT2D eigenvalue weighted by molar-refractivity contribution is 7.92. The molecule has 11 heteroatoms. The quantitative estimate of drug-likeness (QED) is 0.478. The van der Waals surface area contributed by atoms with E-state index in [0.29, 0.717) is 0 Å². The van der Waals surface area contributed by atoms with Gasteiger partial charge in [0.1, 0.15) is 12.1 Å². The zero-order chi connectivity index (χ0) is 26.8. The second-order valence-corrected chi connectivity index (χ2v) is 12.7. The average Bonchev–Trinajstić information content (AvgIpc) is 3.42. The van der Waals surface area contributed by atoms with Crippen LogP contribution in [0.4, 0.5) is 0 Å². The summed E-state index contributed by atoms with van der Waals surface area (Å²) in [5, 5.41) is 14.0. The van der Waals surface area contributed by atoms with E-state index in [0.717, 1.165) is 27.1 Å². The van der Waals surface area contributed by atoms with Crippen LogP contribution in [0.3, 0.4) is 0 Å². The number of aliphatic hydroxyl groups is 1. The molecule has 1 aromatic carbocycles. The molecule has 0 spiro atoms. The van der Waals surface area contributed by atoms with Gasteiger partial charge in [-0.2, -0.15) is 4.72 Å². The third kappa shape index (κ3) is 6.39. The molecule has 4 atom stereocenters. The number of benzene rings is 1. The number of sulfonamides is 1. The van der Waals surface area contributed by atoms with Gasteiger partial charge in [0.05, 0.1) is 28.2 Å². The van der Waals surface area contributed by atoms with Crippen LogP contribution in [-0.2, 0) is 19.6 Å². The van der Waals surface area contributed by atoms with Gasteiger partial charge in [-0.15, -0.1) is 11.3 Å². The summed E-state index contributed by atoms with van der Waals surface area (Å²) in [6.45, 7) is 12.2. The van der Waals surface area contributed by atoms with E-state index in [1.165, 1.54) is 4.90 Å². The molecule has 2 heterocycles. The molecule has 2 amide bonds. The Morgan fingerprint density at radius 1 is 1.28 bits per heavy atom. The fourth-order valence-electron chi connectivity index (χ4n) is 4.18. The number of aryl methyl sites for hydroxylation is 1. The highest BCUT2D eigenvalue weighted by Crippen LogP contribution is 2.29. The zero-order valence-electron chi connectivity index (χ0n) is 21.2. The molecule has 1 saturated heterocycles. The van der Waals surface area contributed by atoms with Crippen LogP contribution in [0.2, 0.25) is 0 Å². The number of rotatable bonds is 8. The van der Waals surface area contributed by atoms with E-state index in [9.17, 15) is 23.1 Å². The van der Waals surface area contributed by atoms with Crippen molar-refractivity contribution in [3.05, 3.63) is 53.0 Å². The van der Waals surface area contributed by atoms with E-state index in [1.54, 1.807) is 37.6 Å². The standard InChI is InChI=1S/C25H34N4O5S2/c1-7-36(33,34)28-22(25(4,5)6)24(32)29-13-19(30)12-20(29)23(31)27-15(2)17-8-10-18(11-9-17)21-16(3)26-14-35-21/h7-11,14-15,19-20,22,28,30H,1,12-13H2,2-6H3,(H,27,31)/t15-,19+,20-,22+/m0/s1. The lowest BCUT2D eigenvalue weighted by Gasteiger charge is -2.35. The smallest absolute Gasteiger partial charge is 0.243 e. The van der Waals surface area contributed by atoms with Gasteiger partial charge in [-0.25, -0.2) is 13.4 Å². The van der Waals surface area contributed by atoms with Crippen molar-refractivity contribution >= 4 is 33.2 Å². The summed E-state index contributed by atoms with van der Waals surface area (Å²) >= 11 is 1.57. The lowest BCUT2D eigenvalue weighted by molar-refractivity contribution is -0.141. The van der Waals surface area contributed by atoms with Gasteiger partial charge >= 0.3 is 0 Å². The Balaban J connectivity index is 1.75. The number of carbonyl (C=O) groups excluding carboxylic acids is 2. The third-order valence-electron chi connectivity index (χ3n) is 6.26. The van der Waals surface area contributed by atoms with E-state index in [1.807, 2.05) is 38.1 Å². The van der Waals surface area contributed by atoms with Crippen LogP contribution in [0.15, 0.2) is 41.8 Å². The molecule has 2 aromatic rings. The maximum absolute atomic E-state index is 13.4. The zero-order valence-corrected chi connectivity index (χ0v) is 22.8. The Morgan fingerprint density at radius 2 is 1.92 bits per heavy atom. The molecule has 1 aromatic heterocycles. The molecule has 0 saturated carbocycles. The molecular formula is C25H34N4O5S2. The number of thiazole rings is 1. The number of aromatic nitrogens is 1. The van der Waals surface area contributed by atoms with Crippen LogP contribution in [-0.4, -0.2) is 60.0 Å². The van der Waals surface area contributed by atoms with Crippen molar-refractivity contribution in [2.75, 3.05) is 6.54 Å². The summed E-state index contributed by atoms with van der Waals surface area (Å²) in [4.78, 5) is 33.3. The molecule has 36 heavy (non-hydrogen) atoms. The minimum absolute atomic E-state index is 0.0589. The van der Waals surface area contributed by atoms with Crippen molar-refractivity contribution in [2.45, 2.75) is 65.3 Å². The molecule has 0 bridgehead atoms. The highest BCUT2D eigenvalue weighted by Gasteiger charge is 2.45. The van der Waals surface area contributed by atoms with Crippen molar-refractivity contribution in [1.82, 2.24) is 19.9 Å². The first-order chi connectivity index (χ1) is 16.7. The summed E-state index contributed by atoms with van der Waals surface area (Å²) < 4.78 is 26.7. The maximum atomic E-state index is 13.4. The van der Waals surface area contributed by atoms with Crippen molar-refractivity contribution in [1.29, 1.82) is 0 Å². The molecule has 0 radical (unpaired) electrons. The number of likely N-dealkylation sites (tertiary alicyclic amines) is 1. The van der Waals surface area contributed by atoms with Crippen molar-refractivity contribution in [3.8, 4) is 10.4 Å². The van der Waals surface area contributed by atoms with Gasteiger partial charge in [-0.1, -0.05) is 51.6 Å². The van der Waals surface area contributed by atoms with Gasteiger partial charge in [-0.05, 0) is 30.4 Å². The van der Waals surface area contributed by atoms with Crippen molar-refractivity contribution in [3.63, 3.8) is 0 Å². The molecule has 3 N–H and O–H groups in total. The second-order valence-electron chi connectivity index (χ2n) is 10.1. The summed E-state index contributed by atoms with van der Waals surface area (Å²) in [6.07, 6.45) is -0.822. The Labute approximate surface area is 216 Å². The van der Waals surface area contributed by atoms with Gasteiger partial charge < -0.3 is 15.3 Å². The topological polar surface area (TPSA) is 129 Å². The molecule has 0 aliphatic carbocycles. The maximum Gasteiger partial charge on any atom is 0.243 e. The first-order valence-electron chi connectivity index (χ1n) is 11.7. The van der Waals surface area contributed by atoms with Gasteiger partial charge in [0, 0.05) is 18.4 Å². The molecule has 1 aliphatic rings. The number of β-amino-alcohol motifs (C(OH)–C–C–N with tert-alkyl or cyclic N) is 1. The minimum atomic E-state index is -3.91. The predicted octanol–water partition coefficient (Wildman–Crippen LogP) is 2.74. The number of aliphatic hydroxyl groups excluding tert-OH is 1. The summed E-state index contributed by atoms with van der Waals surface area (Å²) in [6, 6.07) is 5.42. The van der Waals surface area contributed by atoms with Gasteiger partial charge in [-0.3, -0.25) is 9.59 Å². The van der Waals surface area contributed by atoms with E-state index < -0.39 is 45.4 Å². The van der Waals surface area contributed by atoms with Crippen molar-refractivity contribution < 1.29 is 23.1 Å². The Bertz CT molecular complexity index is 1220. The number of nitrogens with one attached hydrogen (secondary N) is 2. The van der Waals surface area contributed by atoms with Crippen LogP contribution in [0.25, 0.3) is 10.4 Å². The van der Waals surface area contributed by atoms with E-state index in [4.69, 9.17) is 0 Å². The largest absolute Gasteiger partial charge is 0.391 e. The number of hydrogen-bond donors (Lipinski definition) is 3. The minimum Gasteiger partial charge on any atom is -0.391 e. The first kappa shape index (κ1) is 28.0. The Kier molecular flexibility index (Phi) is 8.39. The lowest BCUT2D eigenvalue weighted by atomic mass is 9.86. The van der Waals surface area contributed by atoms with Gasteiger partial charge in [0.2, 0.25) is 21.8 Å². The van der Waals surface area contributed by atoms with Crippen molar-refractivity contribution in [2.24, 2.45) is 5.41 Å². The SMILES string of the molecule is C=CS(=O)(=O)N[C@H](C(=O)N1C[C@H](O)C[C@H]1C(=O)N[C@@H](C)c1ccc(-c2scnc2C)cc1)C(C)(C)C. The molecule has 1 fully saturated rings. The fraction of sp³-hybridized carbons (Fsp3) is 0.480. The number of carbonyl (C=O) groups is 2. The highest BCUT2D eigenvalue weighted by atomic mass is 32.2. The summed E-state index contributed by atoms with van der Waals surface area (Å²) in [7, 11) is -3.91. The molecule has 1 aliphatic heterocycles. The Hall–Kier alpha value is -2.60. The van der Waals surface area contributed by atoms with E-state index in [2.05, 4.69) is 21.6 Å². The first-order valence-corrected chi connectivity index (χ1v) is 14.1. The monoisotopic (exact) mass is 534 g/mol. The average molecular weight is 535 g/mol. The molecule has 9 nitrogen and oxygen atoms in total. The summed E-state index contributed by atoms with van der Waals surface area (Å²) in [5.74, 6) is -0.976. The predicted molar refractivity (Wildman–Crippen MR) is 140 cm³/mol. The number of nitrogens with zero attached hydrogens (tertiary/aromatic N) is 2. The number of amides is 2. The van der Waals surface area contributed by atoms with Gasteiger partial charge in [0.25, 0.3) is 0 Å². The lowest BCUT2D eigenvalue weighted by Crippen LogP contribution is -2.57. The molecule has 0 unspecified atom stereocenters. The van der Waals surface area contributed by atoms with Crippen LogP contribution in [0.1, 0.15) is 51.4 Å². The molecule has 196 valence electrons. The molecular weight excluding hydrogens is 500 g/mol. The fourth-order valence-corrected chi connectivity index (χ4v) is 5.87. The second kappa shape index (κ2) is 10.8. The van der Waals surface area contributed by atoms with Crippen LogP contribution >= 0.6 is 11.3 Å². The molecule has 3 rings (SSSR count). The van der Waals surface area contributed by atoms with Crippen LogP contribution in [0.5, 0.6) is 0 Å². The van der Waals surface area contributed by atoms with Crippen LogP contribution < -0.4 is 10.0 Å².